The molecule has 2 heterocycles. The lowest BCUT2D eigenvalue weighted by atomic mass is 10.1. The molecule has 0 saturated heterocycles. The molecule has 2 atom stereocenters. The summed E-state index contributed by atoms with van der Waals surface area (Å²) in [5.74, 6) is -3.45. The normalized spacial score (nSPS) is 17.2. The molecule has 0 saturated carbocycles. The number of nitrogens with one attached hydrogen (secondary N) is 1. The monoisotopic (exact) mass is 487 g/mol. The number of aromatic hydroxyl groups is 1. The molecule has 10 nitrogen and oxygen atoms in total. The van der Waals surface area contributed by atoms with E-state index < -0.39 is 46.6 Å². The van der Waals surface area contributed by atoms with E-state index in [0.717, 1.165) is 4.90 Å². The van der Waals surface area contributed by atoms with Crippen molar-refractivity contribution >= 4 is 17.7 Å². The average Bonchev–Trinajstić information content (AvgIpc) is 2.98. The molecule has 1 aromatic heterocycles. The van der Waals surface area contributed by atoms with Crippen molar-refractivity contribution in [2.75, 3.05) is 21.1 Å². The molecule has 1 aromatic carbocycles. The van der Waals surface area contributed by atoms with Crippen molar-refractivity contribution in [2.24, 2.45) is 0 Å². The number of carbonyl (C=O) groups is 3. The van der Waals surface area contributed by atoms with E-state index in [1.54, 1.807) is 26.0 Å². The first-order chi connectivity index (χ1) is 16.4. The summed E-state index contributed by atoms with van der Waals surface area (Å²) in [6.07, 6.45) is 1.62. The van der Waals surface area contributed by atoms with Crippen LogP contribution in [0.4, 0.5) is 4.39 Å². The Hall–Kier alpha value is -3.76. The zero-order chi connectivity index (χ0) is 26.0. The largest absolute Gasteiger partial charge is 0.501 e. The van der Waals surface area contributed by atoms with Crippen molar-refractivity contribution in [3.8, 4) is 5.75 Å². The van der Waals surface area contributed by atoms with E-state index in [1.165, 1.54) is 36.7 Å². The highest BCUT2D eigenvalue weighted by Gasteiger charge is 2.35. The van der Waals surface area contributed by atoms with Gasteiger partial charge in [-0.3, -0.25) is 23.7 Å². The van der Waals surface area contributed by atoms with Gasteiger partial charge in [-0.15, -0.1) is 0 Å². The SMILES string of the molecule is Cc1ccc(CNC(=O)c2nc3n(c(=O)c2O)[C@H](C)CCC[C@@H]3N(C)C(=O)C(=O)N(C)C)cc1F. The first-order valence-corrected chi connectivity index (χ1v) is 11.3. The van der Waals surface area contributed by atoms with Crippen LogP contribution >= 0.6 is 0 Å². The third-order valence-corrected chi connectivity index (χ3v) is 6.24. The molecule has 2 aromatic rings. The summed E-state index contributed by atoms with van der Waals surface area (Å²) in [4.78, 5) is 57.7. The van der Waals surface area contributed by atoms with Gasteiger partial charge >= 0.3 is 11.8 Å². The van der Waals surface area contributed by atoms with E-state index in [1.807, 2.05) is 0 Å². The summed E-state index contributed by atoms with van der Waals surface area (Å²) in [5.41, 5.74) is -0.343. The maximum Gasteiger partial charge on any atom is 0.312 e. The fraction of sp³-hybridized carbons (Fsp3) is 0.458. The Morgan fingerprint density at radius 1 is 1.20 bits per heavy atom. The molecule has 0 fully saturated rings. The second-order valence-electron chi connectivity index (χ2n) is 9.02. The van der Waals surface area contributed by atoms with Gasteiger partial charge in [-0.1, -0.05) is 12.1 Å². The second-order valence-corrected chi connectivity index (χ2v) is 9.02. The standard InChI is InChI=1S/C24H30FN5O5/c1-13-9-10-15(11-16(13)25)12-26-21(32)18-19(31)22(33)30-14(2)7-6-8-17(20(30)27-18)29(5)24(35)23(34)28(3)4/h9-11,14,17,31H,6-8,12H2,1-5H3,(H,26,32)/t14-,17+/m1/s1. The fourth-order valence-electron chi connectivity index (χ4n) is 4.09. The van der Waals surface area contributed by atoms with Gasteiger partial charge in [0.2, 0.25) is 5.75 Å². The quantitative estimate of drug-likeness (QED) is 0.632. The van der Waals surface area contributed by atoms with Crippen LogP contribution in [0.1, 0.15) is 65.7 Å². The molecule has 35 heavy (non-hydrogen) atoms. The first kappa shape index (κ1) is 25.9. The third kappa shape index (κ3) is 5.18. The van der Waals surface area contributed by atoms with E-state index in [-0.39, 0.29) is 18.4 Å². The Labute approximate surface area is 202 Å². The predicted octanol–water partition coefficient (Wildman–Crippen LogP) is 1.66. The highest BCUT2D eigenvalue weighted by atomic mass is 19.1. The summed E-state index contributed by atoms with van der Waals surface area (Å²) in [6, 6.07) is 3.41. The van der Waals surface area contributed by atoms with Crippen molar-refractivity contribution in [1.29, 1.82) is 0 Å². The van der Waals surface area contributed by atoms with Gasteiger partial charge in [-0.05, 0) is 50.3 Å². The molecule has 0 radical (unpaired) electrons. The summed E-state index contributed by atoms with van der Waals surface area (Å²) in [5, 5.41) is 13.1. The van der Waals surface area contributed by atoms with Gasteiger partial charge in [0.25, 0.3) is 11.5 Å². The summed E-state index contributed by atoms with van der Waals surface area (Å²) >= 11 is 0. The number of nitrogens with zero attached hydrogens (tertiary/aromatic N) is 4. The van der Waals surface area contributed by atoms with Crippen molar-refractivity contribution in [2.45, 2.75) is 51.7 Å². The summed E-state index contributed by atoms with van der Waals surface area (Å²) in [6.45, 7) is 3.35. The Morgan fingerprint density at radius 3 is 2.51 bits per heavy atom. The molecule has 2 N–H and O–H groups in total. The number of aromatic nitrogens is 2. The number of fused-ring (bicyclic) bond motifs is 1. The minimum absolute atomic E-state index is 0.0505. The van der Waals surface area contributed by atoms with Gasteiger partial charge in [0.05, 0.1) is 6.04 Å². The number of likely N-dealkylation sites (N-methyl/N-ethyl adjacent to an activating group) is 2. The molecule has 0 unspecified atom stereocenters. The van der Waals surface area contributed by atoms with Crippen LogP contribution in [0.15, 0.2) is 23.0 Å². The van der Waals surface area contributed by atoms with Crippen LogP contribution in [0.25, 0.3) is 0 Å². The lowest BCUT2D eigenvalue weighted by Crippen LogP contribution is -2.44. The number of rotatable bonds is 4. The Bertz CT molecular complexity index is 1230. The molecule has 1 aliphatic rings. The zero-order valence-electron chi connectivity index (χ0n) is 20.5. The first-order valence-electron chi connectivity index (χ1n) is 11.3. The number of hydrogen-bond acceptors (Lipinski definition) is 6. The molecule has 3 rings (SSSR count). The predicted molar refractivity (Wildman–Crippen MR) is 125 cm³/mol. The van der Waals surface area contributed by atoms with Crippen LogP contribution in [0.2, 0.25) is 0 Å². The molecular weight excluding hydrogens is 457 g/mol. The minimum Gasteiger partial charge on any atom is -0.501 e. The van der Waals surface area contributed by atoms with Gasteiger partial charge in [-0.25, -0.2) is 9.37 Å². The van der Waals surface area contributed by atoms with Gasteiger partial charge in [0.15, 0.2) is 5.69 Å². The van der Waals surface area contributed by atoms with Crippen LogP contribution in [-0.4, -0.2) is 63.3 Å². The highest BCUT2D eigenvalue weighted by molar-refractivity contribution is 6.34. The van der Waals surface area contributed by atoms with E-state index >= 15 is 0 Å². The number of hydrogen-bond donors (Lipinski definition) is 2. The van der Waals surface area contributed by atoms with Gasteiger partial charge in [0.1, 0.15) is 11.6 Å². The Balaban J connectivity index is 1.99. The molecule has 0 bridgehead atoms. The molecule has 1 aliphatic heterocycles. The molecular formula is C24H30FN5O5. The fourth-order valence-corrected chi connectivity index (χ4v) is 4.09. The number of benzene rings is 1. The van der Waals surface area contributed by atoms with Crippen LogP contribution in [-0.2, 0) is 16.1 Å². The molecule has 3 amide bonds. The number of aryl methyl sites for hydroxylation is 1. The Morgan fingerprint density at radius 2 is 1.89 bits per heavy atom. The molecule has 0 spiro atoms. The maximum absolute atomic E-state index is 13.8. The van der Waals surface area contributed by atoms with Gasteiger partial charge < -0.3 is 20.2 Å². The minimum atomic E-state index is -0.821. The topological polar surface area (TPSA) is 125 Å². The lowest BCUT2D eigenvalue weighted by Gasteiger charge is -2.29. The second kappa shape index (κ2) is 10.2. The molecule has 11 heteroatoms. The smallest absolute Gasteiger partial charge is 0.312 e. The number of amides is 3. The summed E-state index contributed by atoms with van der Waals surface area (Å²) in [7, 11) is 4.36. The lowest BCUT2D eigenvalue weighted by molar-refractivity contribution is -0.151. The molecule has 188 valence electrons. The van der Waals surface area contributed by atoms with Gasteiger partial charge in [0, 0.05) is 33.7 Å². The van der Waals surface area contributed by atoms with E-state index in [2.05, 4.69) is 10.3 Å². The molecule has 0 aliphatic carbocycles. The van der Waals surface area contributed by atoms with Crippen molar-refractivity contribution in [3.63, 3.8) is 0 Å². The summed E-state index contributed by atoms with van der Waals surface area (Å²) < 4.78 is 15.1. The van der Waals surface area contributed by atoms with E-state index in [4.69, 9.17) is 0 Å². The number of carbonyl (C=O) groups excluding carboxylic acids is 3. The average molecular weight is 488 g/mol. The number of halogens is 1. The highest BCUT2D eigenvalue weighted by Crippen LogP contribution is 2.32. The maximum atomic E-state index is 13.8. The Kier molecular flexibility index (Phi) is 7.57. The van der Waals surface area contributed by atoms with Crippen molar-refractivity contribution < 1.29 is 23.9 Å². The van der Waals surface area contributed by atoms with Crippen LogP contribution < -0.4 is 10.9 Å². The van der Waals surface area contributed by atoms with Crippen molar-refractivity contribution in [1.82, 2.24) is 24.7 Å². The van der Waals surface area contributed by atoms with Crippen LogP contribution in [0, 0.1) is 12.7 Å². The third-order valence-electron chi connectivity index (χ3n) is 6.24. The van der Waals surface area contributed by atoms with Crippen LogP contribution in [0.5, 0.6) is 5.75 Å². The van der Waals surface area contributed by atoms with E-state index in [9.17, 15) is 28.7 Å². The van der Waals surface area contributed by atoms with Crippen molar-refractivity contribution in [3.05, 3.63) is 57.0 Å². The van der Waals surface area contributed by atoms with Gasteiger partial charge in [-0.2, -0.15) is 0 Å². The zero-order valence-corrected chi connectivity index (χ0v) is 20.5. The van der Waals surface area contributed by atoms with E-state index in [0.29, 0.717) is 30.4 Å². The van der Waals surface area contributed by atoms with Crippen LogP contribution in [0.3, 0.4) is 0 Å².